The monoisotopic (exact) mass is 266 g/mol. The Labute approximate surface area is 108 Å². The zero-order chi connectivity index (χ0) is 11.8. The number of nitrogen functional groups attached to an aromatic ring is 1. The second kappa shape index (κ2) is 4.25. The molecule has 0 amide bonds. The molecule has 0 aromatic carbocycles. The highest BCUT2D eigenvalue weighted by Gasteiger charge is 2.19. The highest BCUT2D eigenvalue weighted by Crippen LogP contribution is 2.32. The van der Waals surface area contributed by atoms with Crippen LogP contribution in [0.5, 0.6) is 0 Å². The highest BCUT2D eigenvalue weighted by atomic mass is 35.5. The zero-order valence-electron chi connectivity index (χ0n) is 9.03. The summed E-state index contributed by atoms with van der Waals surface area (Å²) in [6, 6.07) is 1.88. The topological polar surface area (TPSA) is 63.8 Å². The minimum Gasteiger partial charge on any atom is -0.308 e. The van der Waals surface area contributed by atoms with Gasteiger partial charge in [0, 0.05) is 16.6 Å². The lowest BCUT2D eigenvalue weighted by Crippen LogP contribution is -2.12. The van der Waals surface area contributed by atoms with Crippen molar-refractivity contribution in [2.45, 2.75) is 19.3 Å². The number of hydrogen-bond acceptors (Lipinski definition) is 5. The molecule has 0 spiro atoms. The first-order valence-electron chi connectivity index (χ1n) is 5.39. The molecule has 3 N–H and O–H groups in total. The van der Waals surface area contributed by atoms with Gasteiger partial charge in [-0.1, -0.05) is 11.6 Å². The molecule has 6 heteroatoms. The van der Waals surface area contributed by atoms with Crippen LogP contribution in [0.15, 0.2) is 11.4 Å². The molecule has 0 aliphatic heterocycles. The summed E-state index contributed by atoms with van der Waals surface area (Å²) in [6.07, 6.45) is 3.12. The van der Waals surface area contributed by atoms with Crippen molar-refractivity contribution in [1.29, 1.82) is 0 Å². The molecule has 0 radical (unpaired) electrons. The number of aryl methyl sites for hydroxylation is 1. The van der Waals surface area contributed by atoms with E-state index in [-0.39, 0.29) is 0 Å². The molecular formula is C11H11ClN4S. The van der Waals surface area contributed by atoms with Crippen molar-refractivity contribution in [2.24, 2.45) is 5.84 Å². The Morgan fingerprint density at radius 1 is 1.35 bits per heavy atom. The van der Waals surface area contributed by atoms with Crippen molar-refractivity contribution in [3.05, 3.63) is 27.7 Å². The van der Waals surface area contributed by atoms with Gasteiger partial charge >= 0.3 is 0 Å². The summed E-state index contributed by atoms with van der Waals surface area (Å²) in [5.74, 6) is 6.96. The fourth-order valence-electron chi connectivity index (χ4n) is 2.09. The summed E-state index contributed by atoms with van der Waals surface area (Å²) in [5, 5.41) is 2.60. The van der Waals surface area contributed by atoms with Crippen LogP contribution in [-0.2, 0) is 12.8 Å². The van der Waals surface area contributed by atoms with Gasteiger partial charge in [0.05, 0.1) is 9.90 Å². The molecule has 0 bridgehead atoms. The summed E-state index contributed by atoms with van der Waals surface area (Å²) < 4.78 is 0. The molecule has 1 aliphatic rings. The van der Waals surface area contributed by atoms with E-state index < -0.39 is 0 Å². The van der Waals surface area contributed by atoms with E-state index in [2.05, 4.69) is 15.4 Å². The number of fused-ring (bicyclic) bond motifs is 1. The van der Waals surface area contributed by atoms with Gasteiger partial charge in [0.15, 0.2) is 5.82 Å². The number of hydrogen-bond donors (Lipinski definition) is 2. The third-order valence-corrected chi connectivity index (χ3v) is 4.13. The Balaban J connectivity index is 2.12. The maximum absolute atomic E-state index is 5.92. The van der Waals surface area contributed by atoms with Crippen molar-refractivity contribution in [3.63, 3.8) is 0 Å². The molecule has 0 fully saturated rings. The number of thiophene rings is 1. The number of nitrogens with zero attached hydrogens (tertiary/aromatic N) is 2. The van der Waals surface area contributed by atoms with Crippen molar-refractivity contribution in [3.8, 4) is 10.7 Å². The van der Waals surface area contributed by atoms with Crippen LogP contribution in [0.1, 0.15) is 17.7 Å². The fraction of sp³-hybridized carbons (Fsp3) is 0.273. The largest absolute Gasteiger partial charge is 0.308 e. The lowest BCUT2D eigenvalue weighted by atomic mass is 10.2. The number of nitrogens with one attached hydrogen (secondary N) is 1. The lowest BCUT2D eigenvalue weighted by molar-refractivity contribution is 0.900. The van der Waals surface area contributed by atoms with E-state index in [1.54, 1.807) is 11.3 Å². The van der Waals surface area contributed by atoms with Gasteiger partial charge in [-0.05, 0) is 25.3 Å². The van der Waals surface area contributed by atoms with Gasteiger partial charge in [0.2, 0.25) is 0 Å². The third-order valence-electron chi connectivity index (χ3n) is 2.86. The second-order valence-corrected chi connectivity index (χ2v) is 5.30. The van der Waals surface area contributed by atoms with Crippen LogP contribution in [0.2, 0.25) is 5.02 Å². The maximum atomic E-state index is 5.92. The number of hydrazine groups is 1. The van der Waals surface area contributed by atoms with Gasteiger partial charge in [0.1, 0.15) is 5.82 Å². The molecule has 2 aromatic rings. The average molecular weight is 267 g/mol. The first kappa shape index (κ1) is 11.0. The summed E-state index contributed by atoms with van der Waals surface area (Å²) in [4.78, 5) is 10.0. The van der Waals surface area contributed by atoms with Crippen LogP contribution in [0.25, 0.3) is 10.7 Å². The van der Waals surface area contributed by atoms with Gasteiger partial charge in [0.25, 0.3) is 0 Å². The second-order valence-electron chi connectivity index (χ2n) is 3.95. The smallest absolute Gasteiger partial charge is 0.171 e. The van der Waals surface area contributed by atoms with E-state index in [4.69, 9.17) is 17.4 Å². The molecule has 0 saturated carbocycles. The van der Waals surface area contributed by atoms with Crippen LogP contribution in [0.3, 0.4) is 0 Å². The number of anilines is 1. The van der Waals surface area contributed by atoms with Crippen molar-refractivity contribution in [1.82, 2.24) is 9.97 Å². The molecule has 0 atom stereocenters. The van der Waals surface area contributed by atoms with E-state index >= 15 is 0 Å². The molecule has 2 heterocycles. The molecule has 1 aliphatic carbocycles. The van der Waals surface area contributed by atoms with Crippen LogP contribution in [0, 0.1) is 0 Å². The first-order chi connectivity index (χ1) is 8.28. The summed E-state index contributed by atoms with van der Waals surface area (Å²) >= 11 is 7.46. The van der Waals surface area contributed by atoms with Crippen LogP contribution < -0.4 is 11.3 Å². The first-order valence-corrected chi connectivity index (χ1v) is 6.64. The van der Waals surface area contributed by atoms with Crippen LogP contribution >= 0.6 is 22.9 Å². The quantitative estimate of drug-likeness (QED) is 0.648. The van der Waals surface area contributed by atoms with Crippen molar-refractivity contribution >= 4 is 28.8 Å². The van der Waals surface area contributed by atoms with E-state index in [0.717, 1.165) is 46.2 Å². The molecule has 0 unspecified atom stereocenters. The Morgan fingerprint density at radius 2 is 2.24 bits per heavy atom. The van der Waals surface area contributed by atoms with Gasteiger partial charge < -0.3 is 5.43 Å². The molecular weight excluding hydrogens is 256 g/mol. The standard InChI is InChI=1S/C11H11ClN4S/c12-6-4-9(17-5-6)11-14-8-3-1-2-7(8)10(15-11)16-13/h4-5H,1-3,13H2,(H,14,15,16). The SMILES string of the molecule is NNc1nc(-c2cc(Cl)cs2)nc2c1CCC2. The molecule has 3 rings (SSSR count). The van der Waals surface area contributed by atoms with Gasteiger partial charge in [-0.2, -0.15) is 0 Å². The van der Waals surface area contributed by atoms with Crippen molar-refractivity contribution < 1.29 is 0 Å². The summed E-state index contributed by atoms with van der Waals surface area (Å²) in [5.41, 5.74) is 4.92. The van der Waals surface area contributed by atoms with E-state index in [9.17, 15) is 0 Å². The molecule has 2 aromatic heterocycles. The van der Waals surface area contributed by atoms with Gasteiger partial charge in [-0.15, -0.1) is 11.3 Å². The number of rotatable bonds is 2. The van der Waals surface area contributed by atoms with Gasteiger partial charge in [-0.25, -0.2) is 15.8 Å². The van der Waals surface area contributed by atoms with E-state index in [1.807, 2.05) is 11.4 Å². The lowest BCUT2D eigenvalue weighted by Gasteiger charge is -2.07. The molecule has 4 nitrogen and oxygen atoms in total. The summed E-state index contributed by atoms with van der Waals surface area (Å²) in [6.45, 7) is 0. The van der Waals surface area contributed by atoms with E-state index in [0.29, 0.717) is 5.82 Å². The highest BCUT2D eigenvalue weighted by molar-refractivity contribution is 7.14. The number of aromatic nitrogens is 2. The minimum atomic E-state index is 0.704. The predicted octanol–water partition coefficient (Wildman–Crippen LogP) is 2.63. The summed E-state index contributed by atoms with van der Waals surface area (Å²) in [7, 11) is 0. The van der Waals surface area contributed by atoms with Gasteiger partial charge in [-0.3, -0.25) is 0 Å². The molecule has 88 valence electrons. The average Bonchev–Trinajstić information content (AvgIpc) is 2.95. The number of halogens is 1. The Kier molecular flexibility index (Phi) is 2.74. The zero-order valence-corrected chi connectivity index (χ0v) is 10.6. The number of nitrogens with two attached hydrogens (primary N) is 1. The fourth-order valence-corrected chi connectivity index (χ4v) is 3.10. The Morgan fingerprint density at radius 3 is 2.94 bits per heavy atom. The minimum absolute atomic E-state index is 0.704. The Hall–Kier alpha value is -1.17. The third kappa shape index (κ3) is 1.90. The van der Waals surface area contributed by atoms with Crippen LogP contribution in [0.4, 0.5) is 5.82 Å². The van der Waals surface area contributed by atoms with Crippen LogP contribution in [-0.4, -0.2) is 9.97 Å². The van der Waals surface area contributed by atoms with E-state index in [1.165, 1.54) is 0 Å². The molecule has 17 heavy (non-hydrogen) atoms. The molecule has 0 saturated heterocycles. The predicted molar refractivity (Wildman–Crippen MR) is 70.2 cm³/mol. The Bertz CT molecular complexity index is 567. The normalized spacial score (nSPS) is 13.8. The van der Waals surface area contributed by atoms with Crippen molar-refractivity contribution in [2.75, 3.05) is 5.43 Å². The maximum Gasteiger partial charge on any atom is 0.171 e.